The van der Waals surface area contributed by atoms with E-state index >= 15 is 0 Å². The lowest BCUT2D eigenvalue weighted by Gasteiger charge is -1.83. The van der Waals surface area contributed by atoms with Gasteiger partial charge in [0.25, 0.3) is 0 Å². The van der Waals surface area contributed by atoms with Crippen molar-refractivity contribution in [1.29, 1.82) is 0 Å². The minimum Gasteiger partial charge on any atom is -0.292 e. The van der Waals surface area contributed by atoms with E-state index in [2.05, 4.69) is 0 Å². The van der Waals surface area contributed by atoms with Crippen LogP contribution >= 0.6 is 0 Å². The quantitative estimate of drug-likeness (QED) is 0.503. The molecule has 46 valence electrons. The Morgan fingerprint density at radius 2 is 2.25 bits per heavy atom. The average molecular weight is 116 g/mol. The van der Waals surface area contributed by atoms with Crippen LogP contribution < -0.4 is 0 Å². The van der Waals surface area contributed by atoms with Crippen molar-refractivity contribution < 1.29 is 9.18 Å². The summed E-state index contributed by atoms with van der Waals surface area (Å²) < 4.78 is 12.0. The highest BCUT2D eigenvalue weighted by atomic mass is 19.1. The fourth-order valence-electron chi connectivity index (χ4n) is 0.323. The van der Waals surface area contributed by atoms with E-state index in [1.807, 2.05) is 0 Å². The topological polar surface area (TPSA) is 17.1 Å². The molecule has 0 saturated carbocycles. The number of carbonyl (C=O) groups is 1. The van der Waals surface area contributed by atoms with Crippen LogP contribution in [0.4, 0.5) is 4.39 Å². The number of hydrogen-bond acceptors (Lipinski definition) is 1. The summed E-state index contributed by atoms with van der Waals surface area (Å²) in [5.41, 5.74) is 0. The summed E-state index contributed by atoms with van der Waals surface area (Å²) >= 11 is 0. The van der Waals surface area contributed by atoms with Crippen LogP contribution in [-0.2, 0) is 4.79 Å². The van der Waals surface area contributed by atoms with Gasteiger partial charge in [-0.05, 0) is 12.5 Å². The van der Waals surface area contributed by atoms with Crippen LogP contribution in [0.25, 0.3) is 0 Å². The minimum atomic E-state index is -0.632. The maximum absolute atomic E-state index is 12.0. The van der Waals surface area contributed by atoms with Crippen molar-refractivity contribution in [2.24, 2.45) is 0 Å². The first-order valence-electron chi connectivity index (χ1n) is 2.55. The molecule has 0 aliphatic rings. The zero-order chi connectivity index (χ0) is 6.57. The second-order valence-electron chi connectivity index (χ2n) is 1.52. The molecule has 0 aromatic rings. The van der Waals surface area contributed by atoms with E-state index in [4.69, 9.17) is 0 Å². The van der Waals surface area contributed by atoms with E-state index in [1.165, 1.54) is 13.0 Å². The van der Waals surface area contributed by atoms with Crippen molar-refractivity contribution in [3.8, 4) is 0 Å². The normalized spacial score (nSPS) is 11.6. The maximum atomic E-state index is 12.0. The van der Waals surface area contributed by atoms with Crippen molar-refractivity contribution in [2.45, 2.75) is 20.3 Å². The third-order valence-corrected chi connectivity index (χ3v) is 0.720. The molecule has 0 saturated heterocycles. The van der Waals surface area contributed by atoms with Gasteiger partial charge in [-0.15, -0.1) is 0 Å². The van der Waals surface area contributed by atoms with Crippen LogP contribution in [0.15, 0.2) is 11.9 Å². The van der Waals surface area contributed by atoms with Gasteiger partial charge >= 0.3 is 0 Å². The number of halogens is 1. The lowest BCUT2D eigenvalue weighted by molar-refractivity contribution is -0.114. The van der Waals surface area contributed by atoms with Gasteiger partial charge in [-0.2, -0.15) is 0 Å². The Kier molecular flexibility index (Phi) is 3.08. The smallest absolute Gasteiger partial charge is 0.187 e. The van der Waals surface area contributed by atoms with E-state index in [0.717, 1.165) is 0 Å². The summed E-state index contributed by atoms with van der Waals surface area (Å²) in [6, 6.07) is 0. The molecular weight excluding hydrogens is 107 g/mol. The van der Waals surface area contributed by atoms with Crippen LogP contribution in [0.1, 0.15) is 20.3 Å². The third-order valence-electron chi connectivity index (χ3n) is 0.720. The molecule has 0 spiro atoms. The van der Waals surface area contributed by atoms with Crippen LogP contribution in [0.3, 0.4) is 0 Å². The van der Waals surface area contributed by atoms with Crippen LogP contribution in [0, 0.1) is 0 Å². The number of allylic oxidation sites excluding steroid dienone is 2. The van der Waals surface area contributed by atoms with Crippen LogP contribution in [0.2, 0.25) is 0 Å². The number of Topliss-reactive ketones (excluding diaryl/α,β-unsaturated/α-hetero) is 1. The predicted molar refractivity (Wildman–Crippen MR) is 30.2 cm³/mol. The molecular formula is C6H9FO. The second-order valence-corrected chi connectivity index (χ2v) is 1.52. The second kappa shape index (κ2) is 3.36. The molecule has 2 heteroatoms. The summed E-state index contributed by atoms with van der Waals surface area (Å²) in [7, 11) is 0. The molecule has 0 radical (unpaired) electrons. The Morgan fingerprint density at radius 3 is 2.38 bits per heavy atom. The zero-order valence-corrected chi connectivity index (χ0v) is 5.07. The molecule has 0 amide bonds. The molecule has 0 aromatic heterocycles. The number of hydrogen-bond donors (Lipinski definition) is 0. The molecule has 0 atom stereocenters. The number of rotatable bonds is 2. The molecule has 1 nitrogen and oxygen atoms in total. The van der Waals surface area contributed by atoms with Gasteiger partial charge in [-0.1, -0.05) is 6.92 Å². The Morgan fingerprint density at radius 1 is 1.75 bits per heavy atom. The summed E-state index contributed by atoms with van der Waals surface area (Å²) in [4.78, 5) is 10.1. The number of carbonyl (C=O) groups excluding carboxylic acids is 1. The monoisotopic (exact) mass is 116 g/mol. The van der Waals surface area contributed by atoms with E-state index in [1.54, 1.807) is 6.92 Å². The molecule has 0 rings (SSSR count). The fourth-order valence-corrected chi connectivity index (χ4v) is 0.323. The summed E-state index contributed by atoms with van der Waals surface area (Å²) in [5, 5.41) is 0. The first-order chi connectivity index (χ1) is 3.68. The van der Waals surface area contributed by atoms with Crippen molar-refractivity contribution in [3.05, 3.63) is 11.9 Å². The van der Waals surface area contributed by atoms with Crippen molar-refractivity contribution >= 4 is 5.78 Å². The molecule has 0 bridgehead atoms. The lowest BCUT2D eigenvalue weighted by atomic mass is 10.3. The molecule has 0 aliphatic heterocycles. The SMILES string of the molecule is CC/C=C(\F)C(C)=O. The molecule has 8 heavy (non-hydrogen) atoms. The van der Waals surface area contributed by atoms with Crippen molar-refractivity contribution in [3.63, 3.8) is 0 Å². The molecule has 0 aromatic carbocycles. The summed E-state index contributed by atoms with van der Waals surface area (Å²) in [6.07, 6.45) is 1.84. The van der Waals surface area contributed by atoms with Crippen LogP contribution in [-0.4, -0.2) is 5.78 Å². The van der Waals surface area contributed by atoms with Gasteiger partial charge in [0.2, 0.25) is 0 Å². The van der Waals surface area contributed by atoms with Gasteiger partial charge in [0.05, 0.1) is 0 Å². The number of ketones is 1. The standard InChI is InChI=1S/C6H9FO/c1-3-4-6(7)5(2)8/h4H,3H2,1-2H3/b6-4-. The van der Waals surface area contributed by atoms with Gasteiger partial charge in [-0.25, -0.2) is 4.39 Å². The van der Waals surface area contributed by atoms with Gasteiger partial charge < -0.3 is 0 Å². The highest BCUT2D eigenvalue weighted by Crippen LogP contribution is 1.97. The molecule has 0 heterocycles. The highest BCUT2D eigenvalue weighted by Gasteiger charge is 1.96. The Balaban J connectivity index is 3.80. The maximum Gasteiger partial charge on any atom is 0.187 e. The Hall–Kier alpha value is -0.660. The largest absolute Gasteiger partial charge is 0.292 e. The van der Waals surface area contributed by atoms with Crippen molar-refractivity contribution in [2.75, 3.05) is 0 Å². The van der Waals surface area contributed by atoms with Crippen LogP contribution in [0.5, 0.6) is 0 Å². The molecule has 0 aliphatic carbocycles. The fraction of sp³-hybridized carbons (Fsp3) is 0.500. The summed E-state index contributed by atoms with van der Waals surface area (Å²) in [5.74, 6) is -1.13. The summed E-state index contributed by atoms with van der Waals surface area (Å²) in [6.45, 7) is 2.99. The Labute approximate surface area is 48.2 Å². The van der Waals surface area contributed by atoms with E-state index in [9.17, 15) is 9.18 Å². The first kappa shape index (κ1) is 7.34. The molecule has 0 unspecified atom stereocenters. The van der Waals surface area contributed by atoms with Gasteiger partial charge in [-0.3, -0.25) is 4.79 Å². The van der Waals surface area contributed by atoms with E-state index in [-0.39, 0.29) is 0 Å². The lowest BCUT2D eigenvalue weighted by Crippen LogP contribution is -1.87. The van der Waals surface area contributed by atoms with Gasteiger partial charge in [0, 0.05) is 6.92 Å². The van der Waals surface area contributed by atoms with E-state index in [0.29, 0.717) is 6.42 Å². The highest BCUT2D eigenvalue weighted by molar-refractivity contribution is 5.90. The average Bonchev–Trinajstić information content (AvgIpc) is 1.67. The van der Waals surface area contributed by atoms with Gasteiger partial charge in [0.1, 0.15) is 0 Å². The molecule has 0 fully saturated rings. The first-order valence-corrected chi connectivity index (χ1v) is 2.55. The third kappa shape index (κ3) is 2.50. The van der Waals surface area contributed by atoms with E-state index < -0.39 is 11.6 Å². The van der Waals surface area contributed by atoms with Crippen molar-refractivity contribution in [1.82, 2.24) is 0 Å². The predicted octanol–water partition coefficient (Wildman–Crippen LogP) is 1.84. The zero-order valence-electron chi connectivity index (χ0n) is 5.07. The molecule has 0 N–H and O–H groups in total. The minimum absolute atomic E-state index is 0.494. The Bertz CT molecular complexity index is 116. The van der Waals surface area contributed by atoms with Gasteiger partial charge in [0.15, 0.2) is 11.6 Å².